The second-order valence-corrected chi connectivity index (χ2v) is 8.00. The molecule has 0 N–H and O–H groups in total. The maximum atomic E-state index is 5.31. The van der Waals surface area contributed by atoms with Crippen molar-refractivity contribution in [2.24, 2.45) is 0 Å². The minimum Gasteiger partial charge on any atom is -0.331 e. The minimum atomic E-state index is -0.835. The van der Waals surface area contributed by atoms with Crippen molar-refractivity contribution in [3.05, 3.63) is 0 Å². The molecule has 0 unspecified atom stereocenters. The van der Waals surface area contributed by atoms with Crippen LogP contribution in [-0.2, 0) is 14.2 Å². The minimum absolute atomic E-state index is 0.802. The lowest BCUT2D eigenvalue weighted by Crippen LogP contribution is -2.35. The van der Waals surface area contributed by atoms with Crippen LogP contribution in [0.15, 0.2) is 0 Å². The molecule has 0 rings (SSSR count). The van der Waals surface area contributed by atoms with Crippen LogP contribution in [0.2, 0.25) is 6.04 Å². The molecule has 0 fully saturated rings. The first-order valence-electron chi connectivity index (χ1n) is 10.4. The quantitative estimate of drug-likeness (QED) is 0.180. The first-order chi connectivity index (χ1) is 11.7. The van der Waals surface area contributed by atoms with Crippen molar-refractivity contribution < 1.29 is 14.2 Å². The van der Waals surface area contributed by atoms with Crippen LogP contribution in [0.4, 0.5) is 0 Å². The summed E-state index contributed by atoms with van der Waals surface area (Å²) in [5, 5.41) is 0. The summed E-state index contributed by atoms with van der Waals surface area (Å²) in [6.07, 6.45) is 20.3. The highest BCUT2D eigenvalue weighted by atomic mass is 28.1. The summed E-state index contributed by atoms with van der Waals surface area (Å²) < 4.78 is 15.9. The summed E-state index contributed by atoms with van der Waals surface area (Å²) in [5.74, 6) is -0.835. The van der Waals surface area contributed by atoms with Gasteiger partial charge in [0.15, 0.2) is 0 Å². The van der Waals surface area contributed by atoms with E-state index < -0.39 is 5.97 Å². The highest BCUT2D eigenvalue weighted by molar-refractivity contribution is 6.08. The molecule has 4 heteroatoms. The van der Waals surface area contributed by atoms with Crippen molar-refractivity contribution >= 4 is 10.2 Å². The lowest BCUT2D eigenvalue weighted by Gasteiger charge is -2.28. The van der Waals surface area contributed by atoms with Crippen LogP contribution in [-0.4, -0.2) is 37.5 Å². The van der Waals surface area contributed by atoms with Gasteiger partial charge in [0.05, 0.1) is 0 Å². The van der Waals surface area contributed by atoms with Crippen LogP contribution in [0.3, 0.4) is 0 Å². The monoisotopic (exact) mass is 360 g/mol. The molecule has 0 atom stereocenters. The summed E-state index contributed by atoms with van der Waals surface area (Å²) in [6, 6.07) is 1.49. The number of rotatable bonds is 19. The van der Waals surface area contributed by atoms with Gasteiger partial charge in [-0.3, -0.25) is 0 Å². The molecule has 0 aliphatic heterocycles. The van der Waals surface area contributed by atoms with Crippen molar-refractivity contribution in [3.63, 3.8) is 0 Å². The molecule has 0 heterocycles. The average molecular weight is 361 g/mol. The van der Waals surface area contributed by atoms with E-state index >= 15 is 0 Å². The van der Waals surface area contributed by atoms with Gasteiger partial charge in [-0.2, -0.15) is 0 Å². The second kappa shape index (κ2) is 17.9. The van der Waals surface area contributed by atoms with E-state index in [9.17, 15) is 0 Å². The molecule has 0 aromatic heterocycles. The van der Waals surface area contributed by atoms with Crippen molar-refractivity contribution in [2.75, 3.05) is 21.3 Å². The van der Waals surface area contributed by atoms with Gasteiger partial charge >= 0.3 is 0 Å². The van der Waals surface area contributed by atoms with Crippen LogP contribution >= 0.6 is 0 Å². The van der Waals surface area contributed by atoms with Crippen molar-refractivity contribution in [1.82, 2.24) is 0 Å². The molecule has 0 aliphatic carbocycles. The van der Waals surface area contributed by atoms with E-state index in [-0.39, 0.29) is 0 Å². The van der Waals surface area contributed by atoms with E-state index in [1.54, 1.807) is 21.3 Å². The van der Waals surface area contributed by atoms with Gasteiger partial charge in [0.2, 0.25) is 0 Å². The fourth-order valence-electron chi connectivity index (χ4n) is 3.27. The molecular weight excluding hydrogens is 316 g/mol. The standard InChI is InChI=1S/C20H44O3Si/c1-21-20(22-2,23-3)18-16-14-12-10-8-6-4-5-7-9-11-13-15-17-19-24/h4-19H2,1-3,24H3. The molecule has 3 nitrogen and oxygen atoms in total. The van der Waals surface area contributed by atoms with Gasteiger partial charge < -0.3 is 14.2 Å². The molecule has 0 aromatic rings. The maximum Gasteiger partial charge on any atom is 0.282 e. The maximum absolute atomic E-state index is 5.31. The molecule has 0 aromatic carbocycles. The highest BCUT2D eigenvalue weighted by Crippen LogP contribution is 2.21. The molecule has 0 aliphatic rings. The Balaban J connectivity index is 3.23. The van der Waals surface area contributed by atoms with Gasteiger partial charge in [0.1, 0.15) is 0 Å². The normalized spacial score (nSPS) is 12.1. The zero-order chi connectivity index (χ0) is 17.9. The molecule has 0 saturated carbocycles. The van der Waals surface area contributed by atoms with Crippen LogP contribution in [0.25, 0.3) is 0 Å². The van der Waals surface area contributed by atoms with Crippen LogP contribution in [0.5, 0.6) is 0 Å². The smallest absolute Gasteiger partial charge is 0.282 e. The number of unbranched alkanes of at least 4 members (excludes halogenated alkanes) is 13. The first-order valence-corrected chi connectivity index (χ1v) is 11.8. The van der Waals surface area contributed by atoms with Crippen molar-refractivity contribution in [3.8, 4) is 0 Å². The van der Waals surface area contributed by atoms with E-state index in [0.717, 1.165) is 12.8 Å². The summed E-state index contributed by atoms with van der Waals surface area (Å²) in [5.41, 5.74) is 0. The van der Waals surface area contributed by atoms with Crippen LogP contribution in [0, 0.1) is 0 Å². The third-order valence-corrected chi connectivity index (χ3v) is 5.73. The van der Waals surface area contributed by atoms with Gasteiger partial charge in [0.25, 0.3) is 5.97 Å². The van der Waals surface area contributed by atoms with Gasteiger partial charge in [-0.05, 0) is 6.42 Å². The fourth-order valence-corrected chi connectivity index (χ4v) is 3.77. The van der Waals surface area contributed by atoms with Crippen LogP contribution < -0.4 is 0 Å². The lowest BCUT2D eigenvalue weighted by molar-refractivity contribution is -0.355. The third-order valence-electron chi connectivity index (χ3n) is 5.02. The predicted molar refractivity (Wildman–Crippen MR) is 108 cm³/mol. The van der Waals surface area contributed by atoms with Crippen LogP contribution in [0.1, 0.15) is 96.3 Å². The van der Waals surface area contributed by atoms with E-state index in [0.29, 0.717) is 0 Å². The molecule has 0 amide bonds. The van der Waals surface area contributed by atoms with Gasteiger partial charge in [-0.25, -0.2) is 0 Å². The summed E-state index contributed by atoms with van der Waals surface area (Å²) in [6.45, 7) is 0. The van der Waals surface area contributed by atoms with Gasteiger partial charge in [-0.15, -0.1) is 0 Å². The van der Waals surface area contributed by atoms with Gasteiger partial charge in [-0.1, -0.05) is 89.5 Å². The number of hydrogen-bond donors (Lipinski definition) is 0. The molecule has 0 spiro atoms. The second-order valence-electron chi connectivity index (χ2n) is 7.00. The summed E-state index contributed by atoms with van der Waals surface area (Å²) in [4.78, 5) is 0. The fraction of sp³-hybridized carbons (Fsp3) is 1.00. The van der Waals surface area contributed by atoms with Gasteiger partial charge in [0, 0.05) is 38.0 Å². The van der Waals surface area contributed by atoms with E-state index in [4.69, 9.17) is 14.2 Å². The molecule has 0 bridgehead atoms. The molecule has 146 valence electrons. The average Bonchev–Trinajstić information content (AvgIpc) is 2.62. The Morgan fingerprint density at radius 2 is 0.792 bits per heavy atom. The Kier molecular flexibility index (Phi) is 18.0. The number of hydrogen-bond acceptors (Lipinski definition) is 3. The predicted octanol–water partition coefficient (Wildman–Crippen LogP) is 5.21. The summed E-state index contributed by atoms with van der Waals surface area (Å²) >= 11 is 0. The Bertz CT molecular complexity index is 237. The zero-order valence-electron chi connectivity index (χ0n) is 17.0. The Labute approximate surface area is 154 Å². The molecule has 0 saturated heterocycles. The number of ether oxygens (including phenoxy) is 3. The Morgan fingerprint density at radius 1 is 0.500 bits per heavy atom. The van der Waals surface area contributed by atoms with E-state index in [2.05, 4.69) is 0 Å². The lowest BCUT2D eigenvalue weighted by atomic mass is 10.0. The van der Waals surface area contributed by atoms with E-state index in [1.807, 2.05) is 0 Å². The largest absolute Gasteiger partial charge is 0.331 e. The highest BCUT2D eigenvalue weighted by Gasteiger charge is 2.28. The first kappa shape index (κ1) is 24.1. The summed E-state index contributed by atoms with van der Waals surface area (Å²) in [7, 11) is 6.31. The molecule has 0 radical (unpaired) electrons. The molecule has 24 heavy (non-hydrogen) atoms. The third kappa shape index (κ3) is 13.4. The topological polar surface area (TPSA) is 27.7 Å². The Hall–Kier alpha value is 0.0969. The van der Waals surface area contributed by atoms with E-state index in [1.165, 1.54) is 99.8 Å². The van der Waals surface area contributed by atoms with Crippen molar-refractivity contribution in [1.29, 1.82) is 0 Å². The number of methoxy groups -OCH3 is 3. The van der Waals surface area contributed by atoms with Crippen molar-refractivity contribution in [2.45, 2.75) is 108 Å². The Morgan fingerprint density at radius 3 is 1.08 bits per heavy atom. The SMILES string of the molecule is COC(CCCCCCCCCCCCCCCC[SiH3])(OC)OC. The molecular formula is C20H44O3Si. The zero-order valence-corrected chi connectivity index (χ0v) is 19.0.